The molecule has 2 aliphatic rings. The van der Waals surface area contributed by atoms with Crippen LogP contribution in [0.4, 0.5) is 23.7 Å². The van der Waals surface area contributed by atoms with E-state index in [0.717, 1.165) is 10.5 Å². The summed E-state index contributed by atoms with van der Waals surface area (Å²) in [6, 6.07) is 6.53. The zero-order valence-electron chi connectivity index (χ0n) is 20.9. The molecule has 1 aromatic rings. The van der Waals surface area contributed by atoms with E-state index in [0.29, 0.717) is 12.2 Å². The Bertz CT molecular complexity index is 1060. The van der Waals surface area contributed by atoms with Gasteiger partial charge in [-0.05, 0) is 32.9 Å². The fourth-order valence-corrected chi connectivity index (χ4v) is 4.40. The minimum Gasteiger partial charge on any atom is -0.475 e. The SMILES string of the molecule is CCN(C[C@H]1N[C@@](C)(C(=O)OC)[C@H]2C(=O)N(C)C(=O)[C@@H]12)C(=O)Nc1ccc(C)cc1.O=C(O)C(F)(F)F. The number of hydrogen-bond donors (Lipinski definition) is 3. The van der Waals surface area contributed by atoms with Gasteiger partial charge in [0.15, 0.2) is 0 Å². The highest BCUT2D eigenvalue weighted by molar-refractivity contribution is 6.09. The maximum absolute atomic E-state index is 12.8. The third kappa shape index (κ3) is 6.18. The van der Waals surface area contributed by atoms with E-state index in [1.807, 2.05) is 38.1 Å². The highest BCUT2D eigenvalue weighted by Crippen LogP contribution is 2.43. The quantitative estimate of drug-likeness (QED) is 0.385. The molecule has 37 heavy (non-hydrogen) atoms. The summed E-state index contributed by atoms with van der Waals surface area (Å²) < 4.78 is 36.6. The molecule has 11 nitrogen and oxygen atoms in total. The number of halogens is 3. The third-order valence-electron chi connectivity index (χ3n) is 6.35. The van der Waals surface area contributed by atoms with E-state index in [1.54, 1.807) is 11.8 Å². The summed E-state index contributed by atoms with van der Waals surface area (Å²) in [4.78, 5) is 62.3. The molecule has 4 amide bonds. The number of carbonyl (C=O) groups excluding carboxylic acids is 4. The van der Waals surface area contributed by atoms with Crippen molar-refractivity contribution in [3.8, 4) is 0 Å². The van der Waals surface area contributed by atoms with Gasteiger partial charge >= 0.3 is 24.1 Å². The Balaban J connectivity index is 0.000000604. The second kappa shape index (κ2) is 11.2. The number of carbonyl (C=O) groups is 5. The van der Waals surface area contributed by atoms with E-state index >= 15 is 0 Å². The van der Waals surface area contributed by atoms with E-state index < -0.39 is 47.4 Å². The molecule has 0 saturated carbocycles. The number of anilines is 1. The van der Waals surface area contributed by atoms with Crippen molar-refractivity contribution >= 4 is 35.5 Å². The number of fused-ring (bicyclic) bond motifs is 1. The van der Waals surface area contributed by atoms with Crippen molar-refractivity contribution in [2.45, 2.75) is 38.5 Å². The predicted octanol–water partition coefficient (Wildman–Crippen LogP) is 1.62. The number of benzene rings is 1. The van der Waals surface area contributed by atoms with E-state index in [2.05, 4.69) is 10.6 Å². The predicted molar refractivity (Wildman–Crippen MR) is 123 cm³/mol. The molecule has 4 atom stereocenters. The first kappa shape index (κ1) is 29.5. The van der Waals surface area contributed by atoms with Gasteiger partial charge in [-0.2, -0.15) is 13.2 Å². The summed E-state index contributed by atoms with van der Waals surface area (Å²) in [5.74, 6) is -5.75. The second-order valence-electron chi connectivity index (χ2n) is 8.82. The van der Waals surface area contributed by atoms with Crippen molar-refractivity contribution in [3.63, 3.8) is 0 Å². The molecule has 2 fully saturated rings. The van der Waals surface area contributed by atoms with Gasteiger partial charge in [-0.25, -0.2) is 9.59 Å². The Morgan fingerprint density at radius 1 is 1.19 bits per heavy atom. The van der Waals surface area contributed by atoms with Gasteiger partial charge in [-0.15, -0.1) is 0 Å². The van der Waals surface area contributed by atoms with Crippen LogP contribution in [0.2, 0.25) is 0 Å². The fourth-order valence-electron chi connectivity index (χ4n) is 4.40. The molecule has 1 aromatic carbocycles. The summed E-state index contributed by atoms with van der Waals surface area (Å²) in [6.07, 6.45) is -5.08. The standard InChI is InChI=1S/C21H28N4O5.C2HF3O2/c1-6-25(20(29)22-13-9-7-12(2)8-10-13)11-14-15-16(18(27)24(4)17(15)26)21(3,23-14)19(28)30-5;3-2(4,5)1(6)7/h7-10,14-16,23H,6,11H2,1-5H3,(H,22,29);(H,6,7)/t14-,15+,16-,21-;/m1./s1. The smallest absolute Gasteiger partial charge is 0.475 e. The third-order valence-corrected chi connectivity index (χ3v) is 6.35. The van der Waals surface area contributed by atoms with Crippen molar-refractivity contribution in [2.75, 3.05) is 32.6 Å². The first-order valence-corrected chi connectivity index (χ1v) is 11.2. The van der Waals surface area contributed by atoms with E-state index in [4.69, 9.17) is 14.6 Å². The van der Waals surface area contributed by atoms with Crippen LogP contribution in [0.15, 0.2) is 24.3 Å². The number of rotatable bonds is 5. The minimum atomic E-state index is -5.08. The Morgan fingerprint density at radius 3 is 2.19 bits per heavy atom. The summed E-state index contributed by atoms with van der Waals surface area (Å²) in [5, 5.41) is 13.1. The number of aryl methyl sites for hydroxylation is 1. The van der Waals surface area contributed by atoms with Crippen LogP contribution in [0.5, 0.6) is 0 Å². The van der Waals surface area contributed by atoms with Crippen LogP contribution in [-0.4, -0.2) is 89.7 Å². The number of alkyl halides is 3. The van der Waals surface area contributed by atoms with Crippen molar-refractivity contribution in [3.05, 3.63) is 29.8 Å². The number of imide groups is 1. The van der Waals surface area contributed by atoms with Gasteiger partial charge in [0, 0.05) is 31.9 Å². The highest BCUT2D eigenvalue weighted by atomic mass is 19.4. The number of ether oxygens (including phenoxy) is 1. The first-order valence-electron chi connectivity index (χ1n) is 11.2. The number of amides is 4. The van der Waals surface area contributed by atoms with E-state index in [-0.39, 0.29) is 18.5 Å². The molecular weight excluding hydrogens is 501 g/mol. The Labute approximate surface area is 210 Å². The van der Waals surface area contributed by atoms with Gasteiger partial charge in [-0.3, -0.25) is 24.6 Å². The Hall–Kier alpha value is -3.68. The van der Waals surface area contributed by atoms with Crippen molar-refractivity contribution in [1.29, 1.82) is 0 Å². The fraction of sp³-hybridized carbons (Fsp3) is 0.522. The maximum atomic E-state index is 12.8. The van der Waals surface area contributed by atoms with Gasteiger partial charge in [0.05, 0.1) is 18.9 Å². The highest BCUT2D eigenvalue weighted by Gasteiger charge is 2.66. The molecular formula is C23H29F3N4O7. The molecule has 2 saturated heterocycles. The molecule has 14 heteroatoms. The molecule has 3 rings (SSSR count). The molecule has 2 heterocycles. The van der Waals surface area contributed by atoms with Gasteiger partial charge < -0.3 is 20.1 Å². The topological polar surface area (TPSA) is 145 Å². The Kier molecular flexibility index (Phi) is 8.91. The van der Waals surface area contributed by atoms with Crippen molar-refractivity contribution in [1.82, 2.24) is 15.1 Å². The van der Waals surface area contributed by atoms with Crippen LogP contribution < -0.4 is 10.6 Å². The van der Waals surface area contributed by atoms with Crippen molar-refractivity contribution < 1.29 is 47.0 Å². The number of nitrogens with one attached hydrogen (secondary N) is 2. The molecule has 204 valence electrons. The van der Waals surface area contributed by atoms with E-state index in [9.17, 15) is 32.3 Å². The van der Waals surface area contributed by atoms with Gasteiger partial charge in [0.2, 0.25) is 11.8 Å². The number of carboxylic acid groups (broad SMARTS) is 1. The number of aliphatic carboxylic acids is 1. The van der Waals surface area contributed by atoms with Crippen LogP contribution in [0.3, 0.4) is 0 Å². The molecule has 0 aliphatic carbocycles. The monoisotopic (exact) mass is 530 g/mol. The van der Waals surface area contributed by atoms with Gasteiger partial charge in [0.25, 0.3) is 0 Å². The molecule has 0 radical (unpaired) electrons. The largest absolute Gasteiger partial charge is 0.490 e. The lowest BCUT2D eigenvalue weighted by atomic mass is 9.81. The molecule has 0 unspecified atom stereocenters. The number of nitrogens with zero attached hydrogens (tertiary/aromatic N) is 2. The number of urea groups is 1. The van der Waals surface area contributed by atoms with Crippen LogP contribution in [-0.2, 0) is 23.9 Å². The summed E-state index contributed by atoms with van der Waals surface area (Å²) in [5.41, 5.74) is 0.402. The number of carboxylic acids is 1. The zero-order valence-corrected chi connectivity index (χ0v) is 20.9. The van der Waals surface area contributed by atoms with Gasteiger partial charge in [-0.1, -0.05) is 17.7 Å². The van der Waals surface area contributed by atoms with E-state index in [1.165, 1.54) is 14.2 Å². The summed E-state index contributed by atoms with van der Waals surface area (Å²) in [7, 11) is 2.66. The minimum absolute atomic E-state index is 0.162. The lowest BCUT2D eigenvalue weighted by Crippen LogP contribution is -2.56. The van der Waals surface area contributed by atoms with Crippen LogP contribution in [0.1, 0.15) is 19.4 Å². The number of hydrogen-bond acceptors (Lipinski definition) is 7. The lowest BCUT2D eigenvalue weighted by molar-refractivity contribution is -0.192. The zero-order chi connectivity index (χ0) is 28.3. The molecule has 0 spiro atoms. The normalized spacial score (nSPS) is 24.6. The van der Waals surface area contributed by atoms with Gasteiger partial charge in [0.1, 0.15) is 5.54 Å². The first-order chi connectivity index (χ1) is 17.1. The molecule has 0 bridgehead atoms. The molecule has 0 aromatic heterocycles. The number of methoxy groups -OCH3 is 1. The van der Waals surface area contributed by atoms with Crippen LogP contribution in [0, 0.1) is 18.8 Å². The van der Waals surface area contributed by atoms with Crippen LogP contribution >= 0.6 is 0 Å². The molecule has 2 aliphatic heterocycles. The summed E-state index contributed by atoms with van der Waals surface area (Å²) in [6.45, 7) is 5.91. The maximum Gasteiger partial charge on any atom is 0.490 e. The number of likely N-dealkylation sites (N-methyl/N-ethyl adjacent to an activating group) is 1. The summed E-state index contributed by atoms with van der Waals surface area (Å²) >= 11 is 0. The Morgan fingerprint density at radius 2 is 1.73 bits per heavy atom. The average molecular weight is 531 g/mol. The lowest BCUT2D eigenvalue weighted by Gasteiger charge is -2.30. The second-order valence-corrected chi connectivity index (χ2v) is 8.82. The molecule has 3 N–H and O–H groups in total. The number of likely N-dealkylation sites (tertiary alicyclic amines) is 1. The van der Waals surface area contributed by atoms with Crippen LogP contribution in [0.25, 0.3) is 0 Å². The average Bonchev–Trinajstić information content (AvgIpc) is 3.26. The number of esters is 1. The van der Waals surface area contributed by atoms with Crippen molar-refractivity contribution in [2.24, 2.45) is 11.8 Å².